The molecule has 0 unspecified atom stereocenters. The van der Waals surface area contributed by atoms with Crippen molar-refractivity contribution in [1.29, 1.82) is 0 Å². The minimum Gasteiger partial charge on any atom is -0.352 e. The fraction of sp³-hybridized carbons (Fsp3) is 0.429. The minimum atomic E-state index is 0.00606. The van der Waals surface area contributed by atoms with Crippen LogP contribution in [0.15, 0.2) is 29.4 Å². The van der Waals surface area contributed by atoms with Gasteiger partial charge in [0.15, 0.2) is 5.16 Å². The van der Waals surface area contributed by atoms with Gasteiger partial charge in [-0.2, -0.15) is 0 Å². The first-order valence-electron chi connectivity index (χ1n) is 9.52. The molecule has 7 heteroatoms. The van der Waals surface area contributed by atoms with E-state index in [9.17, 15) is 9.59 Å². The smallest absolute Gasteiger partial charge is 0.227 e. The van der Waals surface area contributed by atoms with Gasteiger partial charge in [-0.25, -0.2) is 9.97 Å². The van der Waals surface area contributed by atoms with Crippen LogP contribution in [0.25, 0.3) is 0 Å². The van der Waals surface area contributed by atoms with Crippen LogP contribution < -0.4 is 10.2 Å². The molecule has 0 radical (unpaired) electrons. The Kier molecular flexibility index (Phi) is 6.67. The molecule has 6 nitrogen and oxygen atoms in total. The third-order valence-corrected chi connectivity index (χ3v) is 5.54. The third kappa shape index (κ3) is 4.90. The summed E-state index contributed by atoms with van der Waals surface area (Å²) < 4.78 is 0. The van der Waals surface area contributed by atoms with Crippen LogP contribution in [0.4, 0.5) is 5.69 Å². The SMILES string of the molecule is CSc1nc(C)c(CCC(=O)NCc2ccc(N3CCCC3=O)cc2)c(C)n1. The highest BCUT2D eigenvalue weighted by atomic mass is 32.2. The maximum atomic E-state index is 12.2. The van der Waals surface area contributed by atoms with Gasteiger partial charge in [-0.15, -0.1) is 0 Å². The van der Waals surface area contributed by atoms with E-state index < -0.39 is 0 Å². The van der Waals surface area contributed by atoms with E-state index in [4.69, 9.17) is 0 Å². The second-order valence-electron chi connectivity index (χ2n) is 6.95. The zero-order valence-corrected chi connectivity index (χ0v) is 17.4. The molecule has 0 bridgehead atoms. The lowest BCUT2D eigenvalue weighted by Gasteiger charge is -2.16. The van der Waals surface area contributed by atoms with Gasteiger partial charge in [0.05, 0.1) is 0 Å². The molecular weight excluding hydrogens is 372 g/mol. The van der Waals surface area contributed by atoms with Gasteiger partial charge >= 0.3 is 0 Å². The van der Waals surface area contributed by atoms with Gasteiger partial charge in [-0.3, -0.25) is 9.59 Å². The number of aryl methyl sites for hydroxylation is 2. The molecule has 0 spiro atoms. The Hall–Kier alpha value is -2.41. The molecule has 0 atom stereocenters. The number of carbonyl (C=O) groups excluding carboxylic acids is 2. The maximum absolute atomic E-state index is 12.2. The fourth-order valence-electron chi connectivity index (χ4n) is 3.40. The Balaban J connectivity index is 1.50. The van der Waals surface area contributed by atoms with E-state index in [1.165, 1.54) is 11.8 Å². The monoisotopic (exact) mass is 398 g/mol. The predicted molar refractivity (Wildman–Crippen MR) is 111 cm³/mol. The van der Waals surface area contributed by atoms with Crippen molar-refractivity contribution in [3.05, 3.63) is 46.8 Å². The molecule has 1 aromatic heterocycles. The molecule has 1 N–H and O–H groups in total. The molecule has 2 aromatic rings. The average molecular weight is 399 g/mol. The molecule has 1 aliphatic heterocycles. The van der Waals surface area contributed by atoms with Crippen LogP contribution in [0.2, 0.25) is 0 Å². The number of anilines is 1. The van der Waals surface area contributed by atoms with E-state index in [0.717, 1.165) is 46.3 Å². The predicted octanol–water partition coefficient (Wildman–Crippen LogP) is 3.19. The van der Waals surface area contributed by atoms with Gasteiger partial charge in [-0.05, 0) is 56.2 Å². The van der Waals surface area contributed by atoms with Crippen LogP contribution in [0.1, 0.15) is 41.8 Å². The number of amides is 2. The molecule has 1 fully saturated rings. The number of thioether (sulfide) groups is 1. The van der Waals surface area contributed by atoms with Gasteiger partial charge in [0.2, 0.25) is 11.8 Å². The Bertz CT molecular complexity index is 844. The van der Waals surface area contributed by atoms with Crippen molar-refractivity contribution in [2.75, 3.05) is 17.7 Å². The summed E-state index contributed by atoms with van der Waals surface area (Å²) >= 11 is 1.52. The molecule has 3 rings (SSSR count). The number of hydrogen-bond acceptors (Lipinski definition) is 5. The summed E-state index contributed by atoms with van der Waals surface area (Å²) in [6.07, 6.45) is 4.54. The molecule has 0 aliphatic carbocycles. The van der Waals surface area contributed by atoms with Crippen LogP contribution in [-0.2, 0) is 22.6 Å². The lowest BCUT2D eigenvalue weighted by Crippen LogP contribution is -2.24. The quantitative estimate of drug-likeness (QED) is 0.573. The summed E-state index contributed by atoms with van der Waals surface area (Å²) in [5.74, 6) is 0.188. The number of nitrogens with zero attached hydrogens (tertiary/aromatic N) is 3. The van der Waals surface area contributed by atoms with Gasteiger partial charge < -0.3 is 10.2 Å². The molecule has 1 aliphatic rings. The molecular formula is C21H26N4O2S. The Morgan fingerprint density at radius 2 is 1.86 bits per heavy atom. The zero-order chi connectivity index (χ0) is 20.1. The van der Waals surface area contributed by atoms with Crippen LogP contribution in [-0.4, -0.2) is 34.6 Å². The number of rotatable bonds is 7. The average Bonchev–Trinajstić information content (AvgIpc) is 3.11. The van der Waals surface area contributed by atoms with Crippen LogP contribution >= 0.6 is 11.8 Å². The summed E-state index contributed by atoms with van der Waals surface area (Å²) in [5.41, 5.74) is 4.88. The molecule has 1 aromatic carbocycles. The lowest BCUT2D eigenvalue weighted by atomic mass is 10.1. The van der Waals surface area contributed by atoms with E-state index in [2.05, 4.69) is 15.3 Å². The standard InChI is InChI=1S/C21H26N4O2S/c1-14-18(15(2)24-21(23-14)28-3)10-11-19(26)22-13-16-6-8-17(9-7-16)25-12-4-5-20(25)27/h6-9H,4-5,10-13H2,1-3H3,(H,22,26). The highest BCUT2D eigenvalue weighted by Gasteiger charge is 2.21. The summed E-state index contributed by atoms with van der Waals surface area (Å²) in [6, 6.07) is 7.82. The number of nitrogens with one attached hydrogen (secondary N) is 1. The van der Waals surface area contributed by atoms with Crippen molar-refractivity contribution in [3.63, 3.8) is 0 Å². The van der Waals surface area contributed by atoms with Crippen molar-refractivity contribution in [3.8, 4) is 0 Å². The topological polar surface area (TPSA) is 75.2 Å². The van der Waals surface area contributed by atoms with Gasteiger partial charge in [0.1, 0.15) is 0 Å². The van der Waals surface area contributed by atoms with Crippen molar-refractivity contribution in [1.82, 2.24) is 15.3 Å². The summed E-state index contributed by atoms with van der Waals surface area (Å²) in [5, 5.41) is 3.73. The van der Waals surface area contributed by atoms with Gasteiger partial charge in [0, 0.05) is 43.0 Å². The van der Waals surface area contributed by atoms with E-state index >= 15 is 0 Å². The maximum Gasteiger partial charge on any atom is 0.227 e. The second-order valence-corrected chi connectivity index (χ2v) is 7.73. The zero-order valence-electron chi connectivity index (χ0n) is 16.6. The van der Waals surface area contributed by atoms with Crippen LogP contribution in [0.3, 0.4) is 0 Å². The first-order chi connectivity index (χ1) is 13.5. The van der Waals surface area contributed by atoms with Crippen molar-refractivity contribution >= 4 is 29.3 Å². The minimum absolute atomic E-state index is 0.00606. The van der Waals surface area contributed by atoms with E-state index in [1.54, 1.807) is 0 Å². The van der Waals surface area contributed by atoms with E-state index in [-0.39, 0.29) is 11.8 Å². The third-order valence-electron chi connectivity index (χ3n) is 5.00. The normalized spacial score (nSPS) is 13.8. The van der Waals surface area contributed by atoms with Gasteiger partial charge in [-0.1, -0.05) is 23.9 Å². The summed E-state index contributed by atoms with van der Waals surface area (Å²) in [6.45, 7) is 5.20. The van der Waals surface area contributed by atoms with E-state index in [1.807, 2.05) is 49.3 Å². The Morgan fingerprint density at radius 3 is 2.43 bits per heavy atom. The molecule has 2 amide bonds. The van der Waals surface area contributed by atoms with Crippen LogP contribution in [0, 0.1) is 13.8 Å². The number of benzene rings is 1. The highest BCUT2D eigenvalue weighted by molar-refractivity contribution is 7.98. The van der Waals surface area contributed by atoms with Crippen molar-refractivity contribution < 1.29 is 9.59 Å². The second kappa shape index (κ2) is 9.19. The van der Waals surface area contributed by atoms with Gasteiger partial charge in [0.25, 0.3) is 0 Å². The molecule has 1 saturated heterocycles. The first kappa shape index (κ1) is 20.3. The van der Waals surface area contributed by atoms with Crippen molar-refractivity contribution in [2.45, 2.75) is 51.2 Å². The highest BCUT2D eigenvalue weighted by Crippen LogP contribution is 2.21. The van der Waals surface area contributed by atoms with E-state index in [0.29, 0.717) is 25.8 Å². The molecule has 0 saturated carbocycles. The number of carbonyl (C=O) groups is 2. The largest absolute Gasteiger partial charge is 0.352 e. The Morgan fingerprint density at radius 1 is 1.18 bits per heavy atom. The van der Waals surface area contributed by atoms with Crippen molar-refractivity contribution in [2.24, 2.45) is 0 Å². The molecule has 2 heterocycles. The molecule has 148 valence electrons. The molecule has 28 heavy (non-hydrogen) atoms. The first-order valence-corrected chi connectivity index (χ1v) is 10.7. The van der Waals surface area contributed by atoms with Crippen LogP contribution in [0.5, 0.6) is 0 Å². The summed E-state index contributed by atoms with van der Waals surface area (Å²) in [4.78, 5) is 34.8. The number of aromatic nitrogens is 2. The summed E-state index contributed by atoms with van der Waals surface area (Å²) in [7, 11) is 0. The number of hydrogen-bond donors (Lipinski definition) is 1. The Labute approximate surface area is 170 Å². The lowest BCUT2D eigenvalue weighted by molar-refractivity contribution is -0.121. The fourth-order valence-corrected chi connectivity index (χ4v) is 3.86.